The summed E-state index contributed by atoms with van der Waals surface area (Å²) in [5.74, 6) is 0.195. The van der Waals surface area contributed by atoms with Gasteiger partial charge in [0.2, 0.25) is 0 Å². The summed E-state index contributed by atoms with van der Waals surface area (Å²) in [4.78, 5) is 25.8. The van der Waals surface area contributed by atoms with Crippen molar-refractivity contribution in [3.63, 3.8) is 0 Å². The minimum Gasteiger partial charge on any atom is -0.344 e. The van der Waals surface area contributed by atoms with E-state index in [1.54, 1.807) is 41.5 Å². The Bertz CT molecular complexity index is 1290. The molecular formula is C25H25FN6O. The number of benzene rings is 2. The molecule has 4 rings (SSSR count). The highest BCUT2D eigenvalue weighted by Crippen LogP contribution is 2.28. The van der Waals surface area contributed by atoms with Gasteiger partial charge in [0.1, 0.15) is 18.0 Å². The SMILES string of the molecule is Cc1ccc(-c2cc(C(=O)NC(C)c3cnccn3)cc(-n3ncnc3C(C)C)c2)c(F)c1. The molecule has 2 heterocycles. The quantitative estimate of drug-likeness (QED) is 0.462. The summed E-state index contributed by atoms with van der Waals surface area (Å²) >= 11 is 0. The second kappa shape index (κ2) is 9.28. The first-order chi connectivity index (χ1) is 15.8. The highest BCUT2D eigenvalue weighted by atomic mass is 19.1. The smallest absolute Gasteiger partial charge is 0.251 e. The van der Waals surface area contributed by atoms with E-state index in [9.17, 15) is 9.18 Å². The fourth-order valence-electron chi connectivity index (χ4n) is 3.61. The lowest BCUT2D eigenvalue weighted by Crippen LogP contribution is -2.27. The maximum Gasteiger partial charge on any atom is 0.251 e. The minimum absolute atomic E-state index is 0.112. The topological polar surface area (TPSA) is 85.6 Å². The summed E-state index contributed by atoms with van der Waals surface area (Å²) in [6.07, 6.45) is 6.24. The van der Waals surface area contributed by atoms with Crippen LogP contribution in [0.25, 0.3) is 16.8 Å². The van der Waals surface area contributed by atoms with Crippen LogP contribution in [-0.2, 0) is 0 Å². The number of amides is 1. The molecule has 0 bridgehead atoms. The highest BCUT2D eigenvalue weighted by molar-refractivity contribution is 5.96. The number of nitrogens with one attached hydrogen (secondary N) is 1. The number of aryl methyl sites for hydroxylation is 1. The monoisotopic (exact) mass is 444 g/mol. The van der Waals surface area contributed by atoms with E-state index in [-0.39, 0.29) is 23.7 Å². The Kier molecular flexibility index (Phi) is 6.26. The van der Waals surface area contributed by atoms with Crippen LogP contribution >= 0.6 is 0 Å². The summed E-state index contributed by atoms with van der Waals surface area (Å²) in [7, 11) is 0. The van der Waals surface area contributed by atoms with Gasteiger partial charge in [-0.2, -0.15) is 5.10 Å². The lowest BCUT2D eigenvalue weighted by atomic mass is 9.99. The standard InChI is InChI=1S/C25H25FN6O/c1-15(2)24-29-14-30-32(24)20-11-18(21-6-5-16(3)9-22(21)26)10-19(12-20)25(33)31-17(4)23-13-27-7-8-28-23/h5-15,17H,1-4H3,(H,31,33). The molecule has 8 heteroatoms. The van der Waals surface area contributed by atoms with E-state index in [1.807, 2.05) is 39.8 Å². The summed E-state index contributed by atoms with van der Waals surface area (Å²) in [6, 6.07) is 9.92. The Morgan fingerprint density at radius 3 is 2.58 bits per heavy atom. The lowest BCUT2D eigenvalue weighted by Gasteiger charge is -2.16. The van der Waals surface area contributed by atoms with Gasteiger partial charge in [-0.3, -0.25) is 14.8 Å². The Hall–Kier alpha value is -3.94. The van der Waals surface area contributed by atoms with Crippen LogP contribution < -0.4 is 5.32 Å². The predicted molar refractivity (Wildman–Crippen MR) is 123 cm³/mol. The molecule has 0 aliphatic rings. The normalized spacial score (nSPS) is 12.1. The van der Waals surface area contributed by atoms with Crippen molar-refractivity contribution >= 4 is 5.91 Å². The number of carbonyl (C=O) groups excluding carboxylic acids is 1. The molecule has 0 saturated carbocycles. The van der Waals surface area contributed by atoms with E-state index >= 15 is 0 Å². The zero-order chi connectivity index (χ0) is 23.5. The van der Waals surface area contributed by atoms with Gasteiger partial charge in [-0.25, -0.2) is 14.1 Å². The Morgan fingerprint density at radius 2 is 1.88 bits per heavy atom. The molecule has 33 heavy (non-hydrogen) atoms. The summed E-state index contributed by atoms with van der Waals surface area (Å²) in [6.45, 7) is 7.70. The fraction of sp³-hybridized carbons (Fsp3) is 0.240. The lowest BCUT2D eigenvalue weighted by molar-refractivity contribution is 0.0939. The maximum absolute atomic E-state index is 14.8. The number of hydrogen-bond acceptors (Lipinski definition) is 5. The zero-order valence-corrected chi connectivity index (χ0v) is 19.0. The molecule has 1 atom stereocenters. The maximum atomic E-state index is 14.8. The van der Waals surface area contributed by atoms with Crippen LogP contribution in [0.1, 0.15) is 60.2 Å². The number of halogens is 1. The van der Waals surface area contributed by atoms with Crippen molar-refractivity contribution < 1.29 is 9.18 Å². The van der Waals surface area contributed by atoms with Crippen LogP contribution in [0.2, 0.25) is 0 Å². The van der Waals surface area contributed by atoms with E-state index < -0.39 is 0 Å². The number of nitrogens with zero attached hydrogens (tertiary/aromatic N) is 5. The van der Waals surface area contributed by atoms with Crippen molar-refractivity contribution in [2.24, 2.45) is 0 Å². The van der Waals surface area contributed by atoms with E-state index in [1.165, 1.54) is 12.4 Å². The van der Waals surface area contributed by atoms with Crippen LogP contribution in [0, 0.1) is 12.7 Å². The van der Waals surface area contributed by atoms with Crippen molar-refractivity contribution in [3.05, 3.63) is 89.8 Å². The fourth-order valence-corrected chi connectivity index (χ4v) is 3.61. The zero-order valence-electron chi connectivity index (χ0n) is 19.0. The van der Waals surface area contributed by atoms with Crippen LogP contribution in [0.15, 0.2) is 61.3 Å². The molecule has 2 aromatic carbocycles. The average molecular weight is 445 g/mol. The van der Waals surface area contributed by atoms with Gasteiger partial charge in [0, 0.05) is 29.4 Å². The molecule has 1 unspecified atom stereocenters. The predicted octanol–water partition coefficient (Wildman–Crippen LogP) is 4.79. The van der Waals surface area contributed by atoms with Gasteiger partial charge in [-0.15, -0.1) is 0 Å². The van der Waals surface area contributed by atoms with Crippen molar-refractivity contribution in [2.75, 3.05) is 0 Å². The van der Waals surface area contributed by atoms with Gasteiger partial charge < -0.3 is 5.32 Å². The van der Waals surface area contributed by atoms with Gasteiger partial charge in [0.25, 0.3) is 5.91 Å². The largest absolute Gasteiger partial charge is 0.344 e. The van der Waals surface area contributed by atoms with Gasteiger partial charge >= 0.3 is 0 Å². The molecule has 0 radical (unpaired) electrons. The third kappa shape index (κ3) is 4.79. The van der Waals surface area contributed by atoms with Crippen LogP contribution in [0.5, 0.6) is 0 Å². The molecule has 0 aliphatic carbocycles. The molecule has 1 N–H and O–H groups in total. The molecule has 0 fully saturated rings. The highest BCUT2D eigenvalue weighted by Gasteiger charge is 2.18. The van der Waals surface area contributed by atoms with E-state index in [4.69, 9.17) is 0 Å². The Labute approximate surface area is 191 Å². The summed E-state index contributed by atoms with van der Waals surface area (Å²) in [5, 5.41) is 7.29. The molecule has 0 aliphatic heterocycles. The Balaban J connectivity index is 1.79. The summed E-state index contributed by atoms with van der Waals surface area (Å²) in [5.41, 5.74) is 3.46. The third-order valence-corrected chi connectivity index (χ3v) is 5.33. The van der Waals surface area contributed by atoms with Crippen molar-refractivity contribution in [3.8, 4) is 16.8 Å². The molecule has 1 amide bonds. The number of rotatable bonds is 6. The number of aromatic nitrogens is 5. The Morgan fingerprint density at radius 1 is 1.06 bits per heavy atom. The summed E-state index contributed by atoms with van der Waals surface area (Å²) < 4.78 is 16.5. The van der Waals surface area contributed by atoms with Crippen LogP contribution in [0.4, 0.5) is 4.39 Å². The number of carbonyl (C=O) groups is 1. The molecule has 0 spiro atoms. The average Bonchev–Trinajstić information content (AvgIpc) is 3.30. The van der Waals surface area contributed by atoms with Gasteiger partial charge in [-0.1, -0.05) is 26.0 Å². The van der Waals surface area contributed by atoms with Gasteiger partial charge in [0.15, 0.2) is 0 Å². The first-order valence-corrected chi connectivity index (χ1v) is 10.7. The van der Waals surface area contributed by atoms with Gasteiger partial charge in [-0.05, 0) is 49.2 Å². The molecule has 168 valence electrons. The molecular weight excluding hydrogens is 419 g/mol. The number of hydrogen-bond donors (Lipinski definition) is 1. The first-order valence-electron chi connectivity index (χ1n) is 10.7. The minimum atomic E-state index is -0.355. The van der Waals surface area contributed by atoms with E-state index in [0.29, 0.717) is 28.1 Å². The van der Waals surface area contributed by atoms with Crippen LogP contribution in [0.3, 0.4) is 0 Å². The van der Waals surface area contributed by atoms with Crippen molar-refractivity contribution in [2.45, 2.75) is 39.7 Å². The van der Waals surface area contributed by atoms with Crippen molar-refractivity contribution in [1.82, 2.24) is 30.0 Å². The third-order valence-electron chi connectivity index (χ3n) is 5.33. The molecule has 0 saturated heterocycles. The second-order valence-corrected chi connectivity index (χ2v) is 8.26. The molecule has 2 aromatic heterocycles. The molecule has 4 aromatic rings. The van der Waals surface area contributed by atoms with E-state index in [0.717, 1.165) is 11.4 Å². The molecule has 7 nitrogen and oxygen atoms in total. The first kappa shape index (κ1) is 22.3. The van der Waals surface area contributed by atoms with Crippen molar-refractivity contribution in [1.29, 1.82) is 0 Å². The van der Waals surface area contributed by atoms with Gasteiger partial charge in [0.05, 0.1) is 23.6 Å². The van der Waals surface area contributed by atoms with Crippen LogP contribution in [-0.4, -0.2) is 30.6 Å². The van der Waals surface area contributed by atoms with E-state index in [2.05, 4.69) is 25.4 Å². The second-order valence-electron chi connectivity index (χ2n) is 8.26.